The molecule has 3 nitrogen and oxygen atoms in total. The molecule has 1 saturated carbocycles. The molecule has 0 amide bonds. The summed E-state index contributed by atoms with van der Waals surface area (Å²) in [5.74, 6) is 2.79. The van der Waals surface area contributed by atoms with Gasteiger partial charge in [-0.2, -0.15) is 0 Å². The van der Waals surface area contributed by atoms with Gasteiger partial charge < -0.3 is 9.88 Å². The highest BCUT2D eigenvalue weighted by molar-refractivity contribution is 5.12. The van der Waals surface area contributed by atoms with Crippen LogP contribution in [-0.4, -0.2) is 22.1 Å². The van der Waals surface area contributed by atoms with Crippen LogP contribution in [0, 0.1) is 11.8 Å². The van der Waals surface area contributed by atoms with Gasteiger partial charge in [-0.25, -0.2) is 4.98 Å². The third-order valence-corrected chi connectivity index (χ3v) is 5.26. The number of nitrogens with one attached hydrogen (secondary N) is 1. The zero-order chi connectivity index (χ0) is 15.5. The van der Waals surface area contributed by atoms with Gasteiger partial charge in [0.05, 0.1) is 0 Å². The topological polar surface area (TPSA) is 29.9 Å². The standard InChI is InChI=1S/C18H33N3/c1-6-11-21-12-10-20-17(21)18(4,5)15-9-8-14(3)13-16(15)19-7-2/h10,12,14-16,19H,6-9,11,13H2,1-5H3. The van der Waals surface area contributed by atoms with E-state index in [1.54, 1.807) is 0 Å². The summed E-state index contributed by atoms with van der Waals surface area (Å²) in [5, 5.41) is 3.75. The molecule has 0 aromatic carbocycles. The Balaban J connectivity index is 2.25. The Kier molecular flexibility index (Phi) is 5.48. The van der Waals surface area contributed by atoms with Crippen molar-refractivity contribution in [2.45, 2.75) is 78.3 Å². The largest absolute Gasteiger partial charge is 0.334 e. The lowest BCUT2D eigenvalue weighted by molar-refractivity contribution is 0.139. The Morgan fingerprint density at radius 3 is 2.76 bits per heavy atom. The van der Waals surface area contributed by atoms with Crippen LogP contribution in [0.3, 0.4) is 0 Å². The van der Waals surface area contributed by atoms with E-state index in [9.17, 15) is 0 Å². The van der Waals surface area contributed by atoms with E-state index in [-0.39, 0.29) is 5.41 Å². The molecule has 1 fully saturated rings. The summed E-state index contributed by atoms with van der Waals surface area (Å²) in [7, 11) is 0. The normalized spacial score (nSPS) is 27.0. The summed E-state index contributed by atoms with van der Waals surface area (Å²) < 4.78 is 2.36. The summed E-state index contributed by atoms with van der Waals surface area (Å²) in [6.45, 7) is 13.8. The second-order valence-corrected chi connectivity index (χ2v) is 7.35. The van der Waals surface area contributed by atoms with Gasteiger partial charge in [0.25, 0.3) is 0 Å². The van der Waals surface area contributed by atoms with Crippen molar-refractivity contribution in [3.8, 4) is 0 Å². The summed E-state index contributed by atoms with van der Waals surface area (Å²) in [4.78, 5) is 4.73. The Morgan fingerprint density at radius 1 is 1.33 bits per heavy atom. The second-order valence-electron chi connectivity index (χ2n) is 7.35. The van der Waals surface area contributed by atoms with E-state index in [1.807, 2.05) is 6.20 Å². The Labute approximate surface area is 130 Å². The van der Waals surface area contributed by atoms with E-state index in [2.05, 4.69) is 50.7 Å². The number of hydrogen-bond donors (Lipinski definition) is 1. The van der Waals surface area contributed by atoms with Gasteiger partial charge in [-0.3, -0.25) is 0 Å². The minimum absolute atomic E-state index is 0.131. The van der Waals surface area contributed by atoms with Crippen molar-refractivity contribution in [2.24, 2.45) is 11.8 Å². The average molecular weight is 291 g/mol. The molecule has 1 aromatic heterocycles. The summed E-state index contributed by atoms with van der Waals surface area (Å²) in [6.07, 6.45) is 9.25. The molecule has 1 aromatic rings. The molecular weight excluding hydrogens is 258 g/mol. The lowest BCUT2D eigenvalue weighted by Crippen LogP contribution is -2.49. The van der Waals surface area contributed by atoms with Crippen LogP contribution in [0.5, 0.6) is 0 Å². The number of nitrogens with zero attached hydrogens (tertiary/aromatic N) is 2. The number of hydrogen-bond acceptors (Lipinski definition) is 2. The molecule has 3 unspecified atom stereocenters. The molecule has 120 valence electrons. The van der Waals surface area contributed by atoms with Gasteiger partial charge in [0.2, 0.25) is 0 Å². The van der Waals surface area contributed by atoms with E-state index in [0.717, 1.165) is 25.4 Å². The molecule has 1 heterocycles. The molecule has 3 heteroatoms. The molecule has 1 aliphatic rings. The minimum Gasteiger partial charge on any atom is -0.334 e. The molecule has 1 aliphatic carbocycles. The summed E-state index contributed by atoms with van der Waals surface area (Å²) >= 11 is 0. The minimum atomic E-state index is 0.131. The maximum absolute atomic E-state index is 4.73. The fraction of sp³-hybridized carbons (Fsp3) is 0.833. The molecule has 0 bridgehead atoms. The van der Waals surface area contributed by atoms with Crippen LogP contribution in [0.1, 0.15) is 66.1 Å². The highest BCUT2D eigenvalue weighted by Gasteiger charge is 2.41. The molecule has 0 aliphatic heterocycles. The number of aromatic nitrogens is 2. The lowest BCUT2D eigenvalue weighted by atomic mass is 9.66. The van der Waals surface area contributed by atoms with Gasteiger partial charge in [0.1, 0.15) is 5.82 Å². The lowest BCUT2D eigenvalue weighted by Gasteiger charge is -2.44. The van der Waals surface area contributed by atoms with Crippen molar-refractivity contribution < 1.29 is 0 Å². The zero-order valence-corrected chi connectivity index (χ0v) is 14.5. The third-order valence-electron chi connectivity index (χ3n) is 5.26. The zero-order valence-electron chi connectivity index (χ0n) is 14.5. The molecular formula is C18H33N3. The first-order chi connectivity index (χ1) is 10.0. The summed E-state index contributed by atoms with van der Waals surface area (Å²) in [6, 6.07) is 0.625. The Hall–Kier alpha value is -0.830. The van der Waals surface area contributed by atoms with E-state index in [0.29, 0.717) is 12.0 Å². The molecule has 21 heavy (non-hydrogen) atoms. The van der Waals surface area contributed by atoms with E-state index < -0.39 is 0 Å². The quantitative estimate of drug-likeness (QED) is 0.859. The van der Waals surface area contributed by atoms with Crippen LogP contribution in [0.2, 0.25) is 0 Å². The van der Waals surface area contributed by atoms with E-state index in [4.69, 9.17) is 4.98 Å². The maximum atomic E-state index is 4.73. The van der Waals surface area contributed by atoms with Crippen molar-refractivity contribution in [2.75, 3.05) is 6.54 Å². The van der Waals surface area contributed by atoms with Crippen molar-refractivity contribution in [3.63, 3.8) is 0 Å². The van der Waals surface area contributed by atoms with Crippen molar-refractivity contribution in [1.82, 2.24) is 14.9 Å². The second kappa shape index (κ2) is 6.95. The van der Waals surface area contributed by atoms with Crippen molar-refractivity contribution in [1.29, 1.82) is 0 Å². The molecule has 2 rings (SSSR count). The molecule has 0 saturated heterocycles. The molecule has 1 N–H and O–H groups in total. The van der Waals surface area contributed by atoms with E-state index >= 15 is 0 Å². The fourth-order valence-corrected chi connectivity index (χ4v) is 4.19. The smallest absolute Gasteiger partial charge is 0.114 e. The van der Waals surface area contributed by atoms with Crippen LogP contribution in [0.15, 0.2) is 12.4 Å². The first kappa shape index (κ1) is 16.5. The molecule has 3 atom stereocenters. The average Bonchev–Trinajstić information content (AvgIpc) is 2.88. The highest BCUT2D eigenvalue weighted by atomic mass is 15.1. The predicted molar refractivity (Wildman–Crippen MR) is 89.5 cm³/mol. The number of imidazole rings is 1. The first-order valence-corrected chi connectivity index (χ1v) is 8.75. The van der Waals surface area contributed by atoms with Gasteiger partial charge in [-0.15, -0.1) is 0 Å². The Bertz CT molecular complexity index is 435. The van der Waals surface area contributed by atoms with Crippen molar-refractivity contribution >= 4 is 0 Å². The van der Waals surface area contributed by atoms with Gasteiger partial charge >= 0.3 is 0 Å². The van der Waals surface area contributed by atoms with Crippen LogP contribution >= 0.6 is 0 Å². The van der Waals surface area contributed by atoms with Crippen molar-refractivity contribution in [3.05, 3.63) is 18.2 Å². The van der Waals surface area contributed by atoms with Gasteiger partial charge in [0.15, 0.2) is 0 Å². The fourth-order valence-electron chi connectivity index (χ4n) is 4.19. The third kappa shape index (κ3) is 3.50. The summed E-state index contributed by atoms with van der Waals surface area (Å²) in [5.41, 5.74) is 0.131. The van der Waals surface area contributed by atoms with Crippen LogP contribution in [-0.2, 0) is 12.0 Å². The number of rotatable bonds is 6. The Morgan fingerprint density at radius 2 is 2.10 bits per heavy atom. The van der Waals surface area contributed by atoms with Crippen LogP contribution < -0.4 is 5.32 Å². The van der Waals surface area contributed by atoms with Gasteiger partial charge in [-0.1, -0.05) is 41.0 Å². The van der Waals surface area contributed by atoms with E-state index in [1.165, 1.54) is 25.1 Å². The van der Waals surface area contributed by atoms with Crippen LogP contribution in [0.4, 0.5) is 0 Å². The van der Waals surface area contributed by atoms with Gasteiger partial charge in [0, 0.05) is 30.4 Å². The predicted octanol–water partition coefficient (Wildman–Crippen LogP) is 3.99. The first-order valence-electron chi connectivity index (χ1n) is 8.75. The molecule has 0 radical (unpaired) electrons. The number of aryl methyl sites for hydroxylation is 1. The molecule has 0 spiro atoms. The monoisotopic (exact) mass is 291 g/mol. The SMILES string of the molecule is CCCn1ccnc1C(C)(C)C1CCC(C)CC1NCC. The maximum Gasteiger partial charge on any atom is 0.114 e. The van der Waals surface area contributed by atoms with Crippen LogP contribution in [0.25, 0.3) is 0 Å². The van der Waals surface area contributed by atoms with Gasteiger partial charge in [-0.05, 0) is 37.6 Å². The highest BCUT2D eigenvalue weighted by Crippen LogP contribution is 2.41.